The third-order valence-corrected chi connectivity index (χ3v) is 4.29. The summed E-state index contributed by atoms with van der Waals surface area (Å²) in [6, 6.07) is 0.678. The van der Waals surface area contributed by atoms with Crippen LogP contribution in [0.3, 0.4) is 0 Å². The predicted molar refractivity (Wildman–Crippen MR) is 99.6 cm³/mol. The Bertz CT molecular complexity index is 400. The van der Waals surface area contributed by atoms with Gasteiger partial charge in [0.15, 0.2) is 0 Å². The van der Waals surface area contributed by atoms with E-state index in [4.69, 9.17) is 0 Å². The van der Waals surface area contributed by atoms with Gasteiger partial charge in [-0.15, -0.1) is 0 Å². The summed E-state index contributed by atoms with van der Waals surface area (Å²) >= 11 is 0. The van der Waals surface area contributed by atoms with Crippen molar-refractivity contribution in [2.24, 2.45) is 5.92 Å². The third kappa shape index (κ3) is 8.81. The van der Waals surface area contributed by atoms with E-state index in [1.807, 2.05) is 6.92 Å². The second-order valence-corrected chi connectivity index (χ2v) is 6.65. The Labute approximate surface area is 138 Å². The largest absolute Gasteiger partial charge is 0.388 e. The van der Waals surface area contributed by atoms with E-state index in [0.29, 0.717) is 6.04 Å². The van der Waals surface area contributed by atoms with E-state index in [9.17, 15) is 0 Å². The Morgan fingerprint density at radius 1 is 1.27 bits per heavy atom. The fourth-order valence-corrected chi connectivity index (χ4v) is 2.87. The lowest BCUT2D eigenvalue weighted by molar-refractivity contribution is 0.484. The van der Waals surface area contributed by atoms with Gasteiger partial charge in [-0.05, 0) is 57.2 Å². The molecule has 1 aliphatic carbocycles. The van der Waals surface area contributed by atoms with Crippen molar-refractivity contribution in [2.75, 3.05) is 0 Å². The van der Waals surface area contributed by atoms with Crippen molar-refractivity contribution >= 4 is 0 Å². The molecule has 2 unspecified atom stereocenters. The average molecular weight is 301 g/mol. The standard InChI is InChI=1S/C21H34N/c1-5-9-20(15-13-18(2)3)11-6-7-17-22-21-12-8-10-19(4)14-16-21/h5,7,9,11,13,17,19,21-22H,2,6,8,10,12,14-16H2,1,3-4H3/q+1/b9-5-,17-7+,20-11+. The van der Waals surface area contributed by atoms with Crippen LogP contribution in [0.5, 0.6) is 0 Å². The number of hydrogen-bond donors (Lipinski definition) is 1. The molecule has 0 spiro atoms. The van der Waals surface area contributed by atoms with Crippen LogP contribution in [0.1, 0.15) is 65.7 Å². The van der Waals surface area contributed by atoms with Crippen molar-refractivity contribution in [1.29, 1.82) is 0 Å². The molecule has 0 aliphatic heterocycles. The summed E-state index contributed by atoms with van der Waals surface area (Å²) in [4.78, 5) is 0. The first-order valence-electron chi connectivity index (χ1n) is 8.83. The SMILES string of the molecule is C=C(C)[CH+]CC(/C=C\C)=C/C/C=C/NC1CCCC(C)CC1. The molecule has 1 saturated carbocycles. The summed E-state index contributed by atoms with van der Waals surface area (Å²) in [6.45, 7) is 10.4. The average Bonchev–Trinajstić information content (AvgIpc) is 2.69. The number of nitrogens with one attached hydrogen (secondary N) is 1. The second kappa shape index (κ2) is 11.2. The van der Waals surface area contributed by atoms with Gasteiger partial charge in [0.2, 0.25) is 0 Å². The highest BCUT2D eigenvalue weighted by atomic mass is 14.9. The van der Waals surface area contributed by atoms with Gasteiger partial charge in [-0.3, -0.25) is 0 Å². The topological polar surface area (TPSA) is 12.0 Å². The van der Waals surface area contributed by atoms with Crippen molar-refractivity contribution in [1.82, 2.24) is 5.32 Å². The molecule has 0 bridgehead atoms. The van der Waals surface area contributed by atoms with Crippen LogP contribution in [0.2, 0.25) is 0 Å². The van der Waals surface area contributed by atoms with E-state index in [0.717, 1.165) is 24.3 Å². The van der Waals surface area contributed by atoms with Crippen LogP contribution >= 0.6 is 0 Å². The molecule has 1 fully saturated rings. The van der Waals surface area contributed by atoms with Crippen molar-refractivity contribution in [2.45, 2.75) is 71.8 Å². The zero-order valence-electron chi connectivity index (χ0n) is 14.8. The second-order valence-electron chi connectivity index (χ2n) is 6.65. The van der Waals surface area contributed by atoms with E-state index in [1.165, 1.54) is 37.7 Å². The monoisotopic (exact) mass is 300 g/mol. The molecule has 122 valence electrons. The molecular formula is C21H34N+. The van der Waals surface area contributed by atoms with Crippen molar-refractivity contribution < 1.29 is 0 Å². The summed E-state index contributed by atoms with van der Waals surface area (Å²) in [5.74, 6) is 0.909. The molecule has 1 nitrogen and oxygen atoms in total. The molecule has 0 aromatic heterocycles. The minimum atomic E-state index is 0.678. The molecule has 0 aromatic carbocycles. The molecule has 0 aromatic rings. The van der Waals surface area contributed by atoms with Gasteiger partial charge < -0.3 is 5.32 Å². The Hall–Kier alpha value is -1.37. The van der Waals surface area contributed by atoms with Crippen molar-refractivity contribution in [3.05, 3.63) is 54.7 Å². The van der Waals surface area contributed by atoms with Gasteiger partial charge in [0, 0.05) is 19.0 Å². The number of hydrogen-bond acceptors (Lipinski definition) is 1. The van der Waals surface area contributed by atoms with Gasteiger partial charge in [-0.25, -0.2) is 0 Å². The van der Waals surface area contributed by atoms with E-state index >= 15 is 0 Å². The van der Waals surface area contributed by atoms with Crippen molar-refractivity contribution in [3.63, 3.8) is 0 Å². The molecule has 1 rings (SSSR count). The summed E-state index contributed by atoms with van der Waals surface area (Å²) < 4.78 is 0. The van der Waals surface area contributed by atoms with Crippen LogP contribution in [0.15, 0.2) is 48.2 Å². The molecular weight excluding hydrogens is 266 g/mol. The van der Waals surface area contributed by atoms with Crippen LogP contribution in [0.25, 0.3) is 0 Å². The Morgan fingerprint density at radius 3 is 2.82 bits per heavy atom. The molecule has 1 aliphatic rings. The minimum Gasteiger partial charge on any atom is -0.388 e. The molecule has 0 heterocycles. The number of rotatable bonds is 8. The van der Waals surface area contributed by atoms with Gasteiger partial charge in [0.25, 0.3) is 0 Å². The Morgan fingerprint density at radius 2 is 2.09 bits per heavy atom. The van der Waals surface area contributed by atoms with Gasteiger partial charge in [0.05, 0.1) is 12.0 Å². The molecule has 0 radical (unpaired) electrons. The normalized spacial score (nSPS) is 23.7. The summed E-state index contributed by atoms with van der Waals surface area (Å²) in [5.41, 5.74) is 2.49. The highest BCUT2D eigenvalue weighted by Gasteiger charge is 2.14. The molecule has 2 atom stereocenters. The predicted octanol–water partition coefficient (Wildman–Crippen LogP) is 6.12. The first-order chi connectivity index (χ1) is 10.6. The highest BCUT2D eigenvalue weighted by Crippen LogP contribution is 2.22. The maximum atomic E-state index is 3.93. The zero-order chi connectivity index (χ0) is 16.2. The lowest BCUT2D eigenvalue weighted by Gasteiger charge is -2.14. The van der Waals surface area contributed by atoms with Gasteiger partial charge in [-0.2, -0.15) is 0 Å². The van der Waals surface area contributed by atoms with Crippen LogP contribution in [-0.2, 0) is 0 Å². The van der Waals surface area contributed by atoms with Crippen LogP contribution in [0, 0.1) is 12.3 Å². The lowest BCUT2D eigenvalue weighted by Crippen LogP contribution is -2.23. The maximum absolute atomic E-state index is 3.93. The van der Waals surface area contributed by atoms with E-state index in [2.05, 4.69) is 62.7 Å². The summed E-state index contributed by atoms with van der Waals surface area (Å²) in [6.07, 6.45) is 21.9. The quantitative estimate of drug-likeness (QED) is 0.323. The van der Waals surface area contributed by atoms with E-state index in [1.54, 1.807) is 0 Å². The van der Waals surface area contributed by atoms with Gasteiger partial charge in [-0.1, -0.05) is 44.1 Å². The van der Waals surface area contributed by atoms with Gasteiger partial charge >= 0.3 is 0 Å². The van der Waals surface area contributed by atoms with Crippen molar-refractivity contribution in [3.8, 4) is 0 Å². The molecule has 1 N–H and O–H groups in total. The first-order valence-corrected chi connectivity index (χ1v) is 8.83. The summed E-state index contributed by atoms with van der Waals surface area (Å²) in [5, 5.41) is 3.59. The van der Waals surface area contributed by atoms with Crippen LogP contribution in [-0.4, -0.2) is 6.04 Å². The Kier molecular flexibility index (Phi) is 9.54. The lowest BCUT2D eigenvalue weighted by atomic mass is 10.0. The summed E-state index contributed by atoms with van der Waals surface area (Å²) in [7, 11) is 0. The molecule has 1 heteroatoms. The van der Waals surface area contributed by atoms with Gasteiger partial charge in [0.1, 0.15) is 0 Å². The third-order valence-electron chi connectivity index (χ3n) is 4.29. The first kappa shape index (κ1) is 18.7. The van der Waals surface area contributed by atoms with Crippen LogP contribution in [0.4, 0.5) is 0 Å². The minimum absolute atomic E-state index is 0.678. The van der Waals surface area contributed by atoms with Crippen LogP contribution < -0.4 is 5.32 Å². The Balaban J connectivity index is 2.32. The zero-order valence-corrected chi connectivity index (χ0v) is 14.8. The smallest absolute Gasteiger partial charge is 0.0965 e. The fourth-order valence-electron chi connectivity index (χ4n) is 2.87. The maximum Gasteiger partial charge on any atom is 0.0965 e. The molecule has 22 heavy (non-hydrogen) atoms. The number of allylic oxidation sites excluding steroid dienone is 6. The molecule has 0 saturated heterocycles. The molecule has 0 amide bonds. The highest BCUT2D eigenvalue weighted by molar-refractivity contribution is 5.24. The van der Waals surface area contributed by atoms with E-state index in [-0.39, 0.29) is 0 Å². The van der Waals surface area contributed by atoms with E-state index < -0.39 is 0 Å². The fraction of sp³-hybridized carbons (Fsp3) is 0.571.